The van der Waals surface area contributed by atoms with Crippen LogP contribution in [0.15, 0.2) is 11.2 Å². The number of aromatic nitrogens is 5. The molecule has 0 aromatic carbocycles. The molecule has 0 spiro atoms. The Hall–Kier alpha value is -2.07. The van der Waals surface area contributed by atoms with Gasteiger partial charge in [-0.25, -0.2) is 9.36 Å². The topological polar surface area (TPSA) is 107 Å². The van der Waals surface area contributed by atoms with Gasteiger partial charge in [0.25, 0.3) is 5.95 Å². The molecule has 3 N–H and O–H groups in total. The van der Waals surface area contributed by atoms with E-state index in [1.54, 1.807) is 4.68 Å². The Morgan fingerprint density at radius 1 is 1.26 bits per heavy atom. The van der Waals surface area contributed by atoms with E-state index >= 15 is 0 Å². The van der Waals surface area contributed by atoms with Gasteiger partial charge in [0, 0.05) is 30.9 Å². The van der Waals surface area contributed by atoms with E-state index in [1.807, 2.05) is 19.9 Å². The predicted molar refractivity (Wildman–Crippen MR) is 103 cm³/mol. The molecule has 1 saturated carbocycles. The number of amides is 1. The van der Waals surface area contributed by atoms with Crippen molar-refractivity contribution in [3.8, 4) is 5.95 Å². The molecule has 2 fully saturated rings. The van der Waals surface area contributed by atoms with Crippen molar-refractivity contribution in [2.45, 2.75) is 56.8 Å². The van der Waals surface area contributed by atoms with E-state index in [0.29, 0.717) is 11.1 Å². The lowest BCUT2D eigenvalue weighted by Crippen LogP contribution is -2.45. The number of carbonyl (C=O) groups is 1. The Bertz CT molecular complexity index is 819. The molecule has 0 unspecified atom stereocenters. The van der Waals surface area contributed by atoms with Crippen LogP contribution < -0.4 is 11.2 Å². The Balaban J connectivity index is 1.28. The quantitative estimate of drug-likeness (QED) is 0.550. The lowest BCUT2D eigenvalue weighted by molar-refractivity contribution is -0.119. The first kappa shape index (κ1) is 18.3. The molecule has 27 heavy (non-hydrogen) atoms. The van der Waals surface area contributed by atoms with Crippen LogP contribution in [-0.2, 0) is 4.79 Å². The largest absolute Gasteiger partial charge is 0.353 e. The zero-order valence-corrected chi connectivity index (χ0v) is 16.6. The highest BCUT2D eigenvalue weighted by Crippen LogP contribution is 2.29. The van der Waals surface area contributed by atoms with Crippen LogP contribution in [0.5, 0.6) is 0 Å². The Labute approximate surface area is 162 Å². The molecule has 4 rings (SSSR count). The normalized spacial score (nSPS) is 18.7. The minimum absolute atomic E-state index is 0.0144. The number of piperidine rings is 1. The summed E-state index contributed by atoms with van der Waals surface area (Å²) in [5, 5.41) is 16.2. The van der Waals surface area contributed by atoms with E-state index in [4.69, 9.17) is 5.84 Å². The molecule has 10 heteroatoms. The van der Waals surface area contributed by atoms with Gasteiger partial charge in [-0.15, -0.1) is 10.2 Å². The van der Waals surface area contributed by atoms with E-state index in [0.717, 1.165) is 43.4 Å². The van der Waals surface area contributed by atoms with Gasteiger partial charge in [-0.1, -0.05) is 11.8 Å². The number of rotatable bonds is 6. The van der Waals surface area contributed by atoms with Gasteiger partial charge >= 0.3 is 0 Å². The highest BCUT2D eigenvalue weighted by atomic mass is 32.2. The summed E-state index contributed by atoms with van der Waals surface area (Å²) in [7, 11) is 0. The second-order valence-electron chi connectivity index (χ2n) is 7.39. The standard InChI is InChI=1S/C17H26N8OS/c1-11-9-12(2)25(22-11)16-20-21-17(24(16)18)27-10-15(26)19-13-5-7-23(8-6-13)14-3-4-14/h9,13-14H,3-8,10,18H2,1-2H3,(H,19,26). The molecule has 2 aromatic rings. The van der Waals surface area contributed by atoms with Crippen molar-refractivity contribution in [1.82, 2.24) is 34.9 Å². The number of thioether (sulfide) groups is 1. The number of aryl methyl sites for hydroxylation is 2. The fourth-order valence-corrected chi connectivity index (χ4v) is 4.25. The van der Waals surface area contributed by atoms with E-state index in [9.17, 15) is 4.79 Å². The van der Waals surface area contributed by atoms with Crippen LogP contribution in [0.4, 0.5) is 0 Å². The summed E-state index contributed by atoms with van der Waals surface area (Å²) in [6.07, 6.45) is 4.74. The predicted octanol–water partition coefficient (Wildman–Crippen LogP) is 0.630. The average Bonchev–Trinajstić information content (AvgIpc) is 3.35. The van der Waals surface area contributed by atoms with Crippen molar-refractivity contribution < 1.29 is 4.79 Å². The first-order chi connectivity index (χ1) is 13.0. The molecular formula is C17H26N8OS. The maximum atomic E-state index is 12.3. The summed E-state index contributed by atoms with van der Waals surface area (Å²) < 4.78 is 3.03. The molecule has 1 amide bonds. The van der Waals surface area contributed by atoms with Gasteiger partial charge in [-0.05, 0) is 45.6 Å². The lowest BCUT2D eigenvalue weighted by atomic mass is 10.1. The molecule has 2 aliphatic rings. The van der Waals surface area contributed by atoms with Crippen LogP contribution in [0, 0.1) is 13.8 Å². The van der Waals surface area contributed by atoms with Crippen molar-refractivity contribution in [2.24, 2.45) is 0 Å². The third-order valence-corrected chi connectivity index (χ3v) is 6.08. The third kappa shape index (κ3) is 4.11. The fourth-order valence-electron chi connectivity index (χ4n) is 3.59. The number of nitrogen functional groups attached to an aromatic ring is 1. The Morgan fingerprint density at radius 2 is 2.00 bits per heavy atom. The second kappa shape index (κ2) is 7.51. The Morgan fingerprint density at radius 3 is 2.63 bits per heavy atom. The van der Waals surface area contributed by atoms with E-state index < -0.39 is 0 Å². The van der Waals surface area contributed by atoms with Crippen molar-refractivity contribution in [3.05, 3.63) is 17.5 Å². The van der Waals surface area contributed by atoms with Gasteiger partial charge in [-0.3, -0.25) is 4.79 Å². The third-order valence-electron chi connectivity index (χ3n) is 5.14. The minimum atomic E-state index is 0.0144. The number of nitrogens with two attached hydrogens (primary N) is 1. The zero-order chi connectivity index (χ0) is 19.0. The molecule has 1 saturated heterocycles. The van der Waals surface area contributed by atoms with Crippen molar-refractivity contribution in [1.29, 1.82) is 0 Å². The SMILES string of the molecule is Cc1cc(C)n(-c2nnc(SCC(=O)NC3CCN(C4CC4)CC3)n2N)n1. The monoisotopic (exact) mass is 390 g/mol. The van der Waals surface area contributed by atoms with Crippen molar-refractivity contribution in [2.75, 3.05) is 24.7 Å². The van der Waals surface area contributed by atoms with Gasteiger partial charge in [0.1, 0.15) is 0 Å². The Kier molecular flexibility index (Phi) is 5.09. The number of carbonyl (C=O) groups excluding carboxylic acids is 1. The smallest absolute Gasteiger partial charge is 0.271 e. The summed E-state index contributed by atoms with van der Waals surface area (Å²) in [5.41, 5.74) is 1.82. The number of likely N-dealkylation sites (tertiary alicyclic amines) is 1. The van der Waals surface area contributed by atoms with Gasteiger partial charge in [0.15, 0.2) is 0 Å². The molecule has 9 nitrogen and oxygen atoms in total. The highest BCUT2D eigenvalue weighted by Gasteiger charge is 2.32. The summed E-state index contributed by atoms with van der Waals surface area (Å²) in [4.78, 5) is 14.8. The summed E-state index contributed by atoms with van der Waals surface area (Å²) >= 11 is 1.29. The van der Waals surface area contributed by atoms with Crippen molar-refractivity contribution >= 4 is 17.7 Å². The second-order valence-corrected chi connectivity index (χ2v) is 8.33. The van der Waals surface area contributed by atoms with E-state index in [-0.39, 0.29) is 17.7 Å². The van der Waals surface area contributed by atoms with Crippen LogP contribution in [-0.4, -0.2) is 66.4 Å². The van der Waals surface area contributed by atoms with Gasteiger partial charge in [0.2, 0.25) is 11.1 Å². The first-order valence-corrected chi connectivity index (χ1v) is 10.4. The van der Waals surface area contributed by atoms with E-state index in [1.165, 1.54) is 29.3 Å². The van der Waals surface area contributed by atoms with Gasteiger partial charge < -0.3 is 16.1 Å². The fraction of sp³-hybridized carbons (Fsp3) is 0.647. The molecule has 0 atom stereocenters. The van der Waals surface area contributed by atoms with Crippen LogP contribution >= 0.6 is 11.8 Å². The molecule has 1 aliphatic carbocycles. The number of hydrogen-bond acceptors (Lipinski definition) is 7. The molecule has 146 valence electrons. The van der Waals surface area contributed by atoms with Gasteiger partial charge in [0.05, 0.1) is 11.4 Å². The lowest BCUT2D eigenvalue weighted by Gasteiger charge is -2.32. The molecule has 2 aromatic heterocycles. The minimum Gasteiger partial charge on any atom is -0.353 e. The summed E-state index contributed by atoms with van der Waals surface area (Å²) in [6, 6.07) is 3.03. The number of nitrogens with zero attached hydrogens (tertiary/aromatic N) is 6. The number of hydrogen-bond donors (Lipinski definition) is 2. The maximum absolute atomic E-state index is 12.3. The van der Waals surface area contributed by atoms with Crippen LogP contribution in [0.3, 0.4) is 0 Å². The van der Waals surface area contributed by atoms with E-state index in [2.05, 4.69) is 25.5 Å². The molecule has 0 bridgehead atoms. The first-order valence-electron chi connectivity index (χ1n) is 9.41. The number of nitrogens with one attached hydrogen (secondary N) is 1. The molecule has 1 aliphatic heterocycles. The molecule has 3 heterocycles. The van der Waals surface area contributed by atoms with Crippen molar-refractivity contribution in [3.63, 3.8) is 0 Å². The highest BCUT2D eigenvalue weighted by molar-refractivity contribution is 7.99. The maximum Gasteiger partial charge on any atom is 0.271 e. The average molecular weight is 391 g/mol. The van der Waals surface area contributed by atoms with Crippen LogP contribution in [0.2, 0.25) is 0 Å². The summed E-state index contributed by atoms with van der Waals surface area (Å²) in [6.45, 7) is 6.02. The summed E-state index contributed by atoms with van der Waals surface area (Å²) in [5.74, 6) is 6.83. The molecule has 0 radical (unpaired) electrons. The molecular weight excluding hydrogens is 364 g/mol. The van der Waals surface area contributed by atoms with Gasteiger partial charge in [-0.2, -0.15) is 5.10 Å². The zero-order valence-electron chi connectivity index (χ0n) is 15.8. The van der Waals surface area contributed by atoms with Crippen LogP contribution in [0.25, 0.3) is 5.95 Å². The van der Waals surface area contributed by atoms with Crippen LogP contribution in [0.1, 0.15) is 37.1 Å².